The van der Waals surface area contributed by atoms with Crippen LogP contribution in [0, 0.1) is 11.6 Å². The number of benzene rings is 1. The van der Waals surface area contributed by atoms with Crippen LogP contribution in [0.5, 0.6) is 0 Å². The maximum absolute atomic E-state index is 13.6. The second kappa shape index (κ2) is 6.04. The first kappa shape index (κ1) is 15.2. The van der Waals surface area contributed by atoms with Crippen molar-refractivity contribution in [3.63, 3.8) is 0 Å². The SMILES string of the molecule is CN1CCCN(C(=O)c2cc(F)c(NN)c(F)c2)CC1=O. The highest BCUT2D eigenvalue weighted by Gasteiger charge is 2.25. The Labute approximate surface area is 120 Å². The Kier molecular flexibility index (Phi) is 4.37. The number of hydrazine groups is 1. The van der Waals surface area contributed by atoms with E-state index in [0.717, 1.165) is 12.1 Å². The van der Waals surface area contributed by atoms with Crippen molar-refractivity contribution in [3.8, 4) is 0 Å². The lowest BCUT2D eigenvalue weighted by Gasteiger charge is -2.20. The zero-order valence-corrected chi connectivity index (χ0v) is 11.5. The molecule has 2 amide bonds. The Morgan fingerprint density at radius 3 is 2.48 bits per heavy atom. The third-order valence-corrected chi connectivity index (χ3v) is 3.39. The van der Waals surface area contributed by atoms with E-state index < -0.39 is 23.2 Å². The first-order valence-electron chi connectivity index (χ1n) is 6.43. The number of nitrogens with one attached hydrogen (secondary N) is 1. The van der Waals surface area contributed by atoms with Crippen LogP contribution < -0.4 is 11.3 Å². The minimum absolute atomic E-state index is 0.102. The van der Waals surface area contributed by atoms with Crippen molar-refractivity contribution in [2.75, 3.05) is 32.1 Å². The molecular formula is C13H16F2N4O2. The number of hydrogen-bond acceptors (Lipinski definition) is 4. The van der Waals surface area contributed by atoms with Crippen LogP contribution in [0.3, 0.4) is 0 Å². The Balaban J connectivity index is 2.25. The topological polar surface area (TPSA) is 78.7 Å². The molecule has 0 radical (unpaired) electrons. The van der Waals surface area contributed by atoms with Gasteiger partial charge in [0.05, 0.1) is 0 Å². The Bertz CT molecular complexity index is 556. The van der Waals surface area contributed by atoms with Crippen LogP contribution in [0.25, 0.3) is 0 Å². The number of carbonyl (C=O) groups excluding carboxylic acids is 2. The van der Waals surface area contributed by atoms with Gasteiger partial charge in [-0.05, 0) is 18.6 Å². The number of nitrogens with zero attached hydrogens (tertiary/aromatic N) is 2. The number of rotatable bonds is 2. The van der Waals surface area contributed by atoms with E-state index in [9.17, 15) is 18.4 Å². The Hall–Kier alpha value is -2.22. The van der Waals surface area contributed by atoms with Crippen molar-refractivity contribution >= 4 is 17.5 Å². The maximum atomic E-state index is 13.6. The molecule has 0 atom stereocenters. The van der Waals surface area contributed by atoms with Gasteiger partial charge in [-0.1, -0.05) is 0 Å². The number of halogens is 2. The molecule has 1 fully saturated rings. The molecule has 0 saturated carbocycles. The zero-order chi connectivity index (χ0) is 15.6. The Morgan fingerprint density at radius 2 is 1.90 bits per heavy atom. The van der Waals surface area contributed by atoms with E-state index in [-0.39, 0.29) is 18.0 Å². The van der Waals surface area contributed by atoms with Crippen LogP contribution in [0.15, 0.2) is 12.1 Å². The molecule has 1 aromatic carbocycles. The predicted molar refractivity (Wildman–Crippen MR) is 72.3 cm³/mol. The summed E-state index contributed by atoms with van der Waals surface area (Å²) in [5, 5.41) is 0. The van der Waals surface area contributed by atoms with Gasteiger partial charge in [-0.25, -0.2) is 8.78 Å². The van der Waals surface area contributed by atoms with Gasteiger partial charge in [0.2, 0.25) is 5.91 Å². The summed E-state index contributed by atoms with van der Waals surface area (Å²) in [6, 6.07) is 1.80. The molecule has 6 nitrogen and oxygen atoms in total. The lowest BCUT2D eigenvalue weighted by Crippen LogP contribution is -2.38. The molecule has 2 rings (SSSR count). The van der Waals surface area contributed by atoms with Crippen molar-refractivity contribution in [2.24, 2.45) is 5.84 Å². The molecule has 0 bridgehead atoms. The Morgan fingerprint density at radius 1 is 1.29 bits per heavy atom. The molecular weight excluding hydrogens is 282 g/mol. The average Bonchev–Trinajstić information content (AvgIpc) is 2.60. The van der Waals surface area contributed by atoms with Crippen LogP contribution in [-0.4, -0.2) is 48.3 Å². The van der Waals surface area contributed by atoms with E-state index in [1.165, 1.54) is 9.80 Å². The number of carbonyl (C=O) groups is 2. The fraction of sp³-hybridized carbons (Fsp3) is 0.385. The van der Waals surface area contributed by atoms with Crippen molar-refractivity contribution in [1.29, 1.82) is 0 Å². The number of amides is 2. The molecule has 1 aliphatic rings. The van der Waals surface area contributed by atoms with Gasteiger partial charge in [0.1, 0.15) is 12.2 Å². The van der Waals surface area contributed by atoms with Crippen molar-refractivity contribution < 1.29 is 18.4 Å². The van der Waals surface area contributed by atoms with Gasteiger partial charge in [0.15, 0.2) is 11.6 Å². The highest BCUT2D eigenvalue weighted by Crippen LogP contribution is 2.21. The van der Waals surface area contributed by atoms with Crippen molar-refractivity contribution in [2.45, 2.75) is 6.42 Å². The summed E-state index contributed by atoms with van der Waals surface area (Å²) in [4.78, 5) is 26.8. The largest absolute Gasteiger partial charge is 0.344 e. The lowest BCUT2D eigenvalue weighted by atomic mass is 10.1. The van der Waals surface area contributed by atoms with Crippen LogP contribution >= 0.6 is 0 Å². The van der Waals surface area contributed by atoms with Gasteiger partial charge in [-0.2, -0.15) is 0 Å². The summed E-state index contributed by atoms with van der Waals surface area (Å²) in [6.45, 7) is 0.797. The molecule has 0 aromatic heterocycles. The van der Waals surface area contributed by atoms with Gasteiger partial charge >= 0.3 is 0 Å². The summed E-state index contributed by atoms with van der Waals surface area (Å²) < 4.78 is 27.3. The van der Waals surface area contributed by atoms with E-state index >= 15 is 0 Å². The molecule has 1 aliphatic heterocycles. The quantitative estimate of drug-likeness (QED) is 0.617. The molecule has 1 aromatic rings. The van der Waals surface area contributed by atoms with Gasteiger partial charge in [-0.3, -0.25) is 15.4 Å². The second-order valence-electron chi connectivity index (χ2n) is 4.85. The normalized spacial score (nSPS) is 15.9. The molecule has 8 heteroatoms. The minimum Gasteiger partial charge on any atom is -0.344 e. The molecule has 0 spiro atoms. The van der Waals surface area contributed by atoms with E-state index in [4.69, 9.17) is 5.84 Å². The molecule has 114 valence electrons. The number of hydrogen-bond donors (Lipinski definition) is 2. The summed E-state index contributed by atoms with van der Waals surface area (Å²) >= 11 is 0. The third kappa shape index (κ3) is 3.10. The summed E-state index contributed by atoms with van der Waals surface area (Å²) in [5.41, 5.74) is 1.24. The van der Waals surface area contributed by atoms with Crippen molar-refractivity contribution in [3.05, 3.63) is 29.3 Å². The summed E-state index contributed by atoms with van der Waals surface area (Å²) in [6.07, 6.45) is 0.612. The smallest absolute Gasteiger partial charge is 0.254 e. The summed E-state index contributed by atoms with van der Waals surface area (Å²) in [7, 11) is 1.65. The first-order valence-corrected chi connectivity index (χ1v) is 6.43. The number of anilines is 1. The average molecular weight is 298 g/mol. The maximum Gasteiger partial charge on any atom is 0.254 e. The third-order valence-electron chi connectivity index (χ3n) is 3.39. The fourth-order valence-electron chi connectivity index (χ4n) is 2.18. The fourth-order valence-corrected chi connectivity index (χ4v) is 2.18. The zero-order valence-electron chi connectivity index (χ0n) is 11.5. The van der Waals surface area contributed by atoms with Crippen LogP contribution in [0.4, 0.5) is 14.5 Å². The van der Waals surface area contributed by atoms with E-state index in [2.05, 4.69) is 0 Å². The highest BCUT2D eigenvalue weighted by atomic mass is 19.1. The van der Waals surface area contributed by atoms with Gasteiger partial charge in [-0.15, -0.1) is 0 Å². The lowest BCUT2D eigenvalue weighted by molar-refractivity contribution is -0.129. The van der Waals surface area contributed by atoms with E-state index in [1.54, 1.807) is 7.05 Å². The van der Waals surface area contributed by atoms with Gasteiger partial charge < -0.3 is 15.2 Å². The second-order valence-corrected chi connectivity index (χ2v) is 4.85. The first-order chi connectivity index (χ1) is 9.93. The summed E-state index contributed by atoms with van der Waals surface area (Å²) in [5.74, 6) is 2.29. The molecule has 21 heavy (non-hydrogen) atoms. The molecule has 3 N–H and O–H groups in total. The molecule has 1 saturated heterocycles. The van der Waals surface area contributed by atoms with Gasteiger partial charge in [0.25, 0.3) is 5.91 Å². The minimum atomic E-state index is -0.959. The molecule has 0 unspecified atom stereocenters. The predicted octanol–water partition coefficient (Wildman–Crippen LogP) is 0.555. The van der Waals surface area contributed by atoms with Gasteiger partial charge in [0, 0.05) is 25.7 Å². The van der Waals surface area contributed by atoms with Crippen molar-refractivity contribution in [1.82, 2.24) is 9.80 Å². The number of likely N-dealkylation sites (N-methyl/N-ethyl adjacent to an activating group) is 1. The van der Waals surface area contributed by atoms with Crippen LogP contribution in [0.1, 0.15) is 16.8 Å². The number of nitrogen functional groups attached to an aromatic ring is 1. The molecule has 0 aliphatic carbocycles. The van der Waals surface area contributed by atoms with E-state index in [1.807, 2.05) is 5.43 Å². The highest BCUT2D eigenvalue weighted by molar-refractivity contribution is 5.97. The monoisotopic (exact) mass is 298 g/mol. The standard InChI is InChI=1S/C13H16F2N4O2/c1-18-3-2-4-19(7-11(18)20)13(21)8-5-9(14)12(17-16)10(15)6-8/h5-6,17H,2-4,7,16H2,1H3. The van der Waals surface area contributed by atoms with Crippen LogP contribution in [-0.2, 0) is 4.79 Å². The van der Waals surface area contributed by atoms with Crippen LogP contribution in [0.2, 0.25) is 0 Å². The molecule has 1 heterocycles. The van der Waals surface area contributed by atoms with E-state index in [0.29, 0.717) is 19.5 Å². The number of nitrogens with two attached hydrogens (primary N) is 1.